The second kappa shape index (κ2) is 14.4. The summed E-state index contributed by atoms with van der Waals surface area (Å²) in [6.07, 6.45) is 0.547. The number of amides is 2. The van der Waals surface area contributed by atoms with Crippen LogP contribution in [-0.2, 0) is 26.6 Å². The number of rotatable bonds is 12. The summed E-state index contributed by atoms with van der Waals surface area (Å²) in [7, 11) is -8.36. The number of carbonyl (C=O) groups is 2. The summed E-state index contributed by atoms with van der Waals surface area (Å²) in [5, 5.41) is 14.3. The standard InChI is InChI=1S/C28H31F3N4O8S3/c1-43-22-7-3-5-20(15-22)25(37)33-17-23-16-24(26(38)32-10-13-36)27(44-23)45(39,40)35-11-8-18(9-12-35)19-4-2-6-21(14-19)34-46(41,42)28(29,30)31/h2-7,14-16,18,34,36H,8-13,17H2,1H3,(H,32,38)(H,33,37). The number of aliphatic hydroxyl groups is 1. The third-order valence-corrected chi connectivity index (χ3v) is 11.7. The van der Waals surface area contributed by atoms with E-state index in [4.69, 9.17) is 9.84 Å². The summed E-state index contributed by atoms with van der Waals surface area (Å²) >= 11 is 0.824. The molecular weight excluding hydrogens is 674 g/mol. The monoisotopic (exact) mass is 704 g/mol. The smallest absolute Gasteiger partial charge is 0.497 e. The third kappa shape index (κ3) is 8.16. The summed E-state index contributed by atoms with van der Waals surface area (Å²) in [6, 6.07) is 13.3. The van der Waals surface area contributed by atoms with Crippen molar-refractivity contribution in [2.24, 2.45) is 0 Å². The maximum Gasteiger partial charge on any atom is 0.516 e. The van der Waals surface area contributed by atoms with Gasteiger partial charge in [-0.15, -0.1) is 11.3 Å². The molecule has 1 aromatic heterocycles. The van der Waals surface area contributed by atoms with Crippen molar-refractivity contribution in [2.45, 2.75) is 35.0 Å². The number of nitrogens with one attached hydrogen (secondary N) is 3. The van der Waals surface area contributed by atoms with E-state index < -0.39 is 37.4 Å². The molecule has 0 atom stereocenters. The number of hydrogen-bond acceptors (Lipinski definition) is 9. The Labute approximate surface area is 267 Å². The first-order valence-electron chi connectivity index (χ1n) is 13.8. The molecule has 2 amide bonds. The number of alkyl halides is 3. The van der Waals surface area contributed by atoms with E-state index >= 15 is 0 Å². The summed E-state index contributed by atoms with van der Waals surface area (Å²) in [6.45, 7) is -0.521. The zero-order chi connectivity index (χ0) is 33.7. The molecule has 2 aromatic carbocycles. The zero-order valence-electron chi connectivity index (χ0n) is 24.3. The number of sulfonamides is 2. The minimum Gasteiger partial charge on any atom is -0.497 e. The molecule has 0 radical (unpaired) electrons. The van der Waals surface area contributed by atoms with E-state index in [0.717, 1.165) is 11.3 Å². The van der Waals surface area contributed by atoms with E-state index in [1.165, 1.54) is 46.5 Å². The lowest BCUT2D eigenvalue weighted by molar-refractivity contribution is -0.0429. The van der Waals surface area contributed by atoms with Gasteiger partial charge in [0.2, 0.25) is 0 Å². The van der Waals surface area contributed by atoms with Gasteiger partial charge in [0.05, 0.1) is 25.8 Å². The highest BCUT2D eigenvalue weighted by Crippen LogP contribution is 2.36. The summed E-state index contributed by atoms with van der Waals surface area (Å²) in [5.41, 5.74) is -5.05. The average molecular weight is 705 g/mol. The lowest BCUT2D eigenvalue weighted by Crippen LogP contribution is -2.38. The van der Waals surface area contributed by atoms with Crippen LogP contribution in [0.2, 0.25) is 0 Å². The molecule has 1 aliphatic rings. The van der Waals surface area contributed by atoms with Gasteiger partial charge >= 0.3 is 15.5 Å². The molecule has 4 N–H and O–H groups in total. The highest BCUT2D eigenvalue weighted by atomic mass is 32.2. The van der Waals surface area contributed by atoms with Crippen LogP contribution in [0.15, 0.2) is 58.8 Å². The molecule has 0 unspecified atom stereocenters. The fourth-order valence-electron chi connectivity index (χ4n) is 4.77. The second-order valence-corrected chi connectivity index (χ2v) is 15.1. The van der Waals surface area contributed by atoms with Crippen LogP contribution in [0.1, 0.15) is 49.9 Å². The molecule has 250 valence electrons. The Kier molecular flexibility index (Phi) is 11.0. The van der Waals surface area contributed by atoms with Crippen molar-refractivity contribution in [3.05, 3.63) is 76.2 Å². The maximum absolute atomic E-state index is 13.8. The van der Waals surface area contributed by atoms with Gasteiger partial charge in [-0.3, -0.25) is 14.3 Å². The molecule has 4 rings (SSSR count). The first kappa shape index (κ1) is 35.1. The van der Waals surface area contributed by atoms with Crippen LogP contribution in [0.3, 0.4) is 0 Å². The van der Waals surface area contributed by atoms with Gasteiger partial charge in [0, 0.05) is 35.8 Å². The highest BCUT2D eigenvalue weighted by molar-refractivity contribution is 7.93. The van der Waals surface area contributed by atoms with Crippen molar-refractivity contribution >= 4 is 48.9 Å². The third-order valence-electron chi connectivity index (χ3n) is 7.09. The van der Waals surface area contributed by atoms with E-state index in [1.807, 2.05) is 0 Å². The number of thiophene rings is 1. The molecule has 3 aromatic rings. The average Bonchev–Trinajstić information content (AvgIpc) is 3.47. The summed E-state index contributed by atoms with van der Waals surface area (Å²) in [4.78, 5) is 26.0. The molecule has 12 nitrogen and oxygen atoms in total. The van der Waals surface area contributed by atoms with Crippen molar-refractivity contribution in [3.63, 3.8) is 0 Å². The van der Waals surface area contributed by atoms with E-state index in [1.54, 1.807) is 24.3 Å². The number of hydrogen-bond donors (Lipinski definition) is 4. The number of nitrogens with zero attached hydrogens (tertiary/aromatic N) is 1. The Balaban J connectivity index is 1.50. The van der Waals surface area contributed by atoms with Crippen LogP contribution in [0.5, 0.6) is 5.75 Å². The molecule has 2 heterocycles. The molecule has 0 spiro atoms. The predicted molar refractivity (Wildman–Crippen MR) is 164 cm³/mol. The molecule has 18 heteroatoms. The molecule has 0 saturated carbocycles. The minimum atomic E-state index is -5.61. The van der Waals surface area contributed by atoms with Gasteiger partial charge in [0.1, 0.15) is 9.96 Å². The second-order valence-electron chi connectivity index (χ2n) is 10.2. The van der Waals surface area contributed by atoms with E-state index in [-0.39, 0.29) is 67.0 Å². The fraction of sp³-hybridized carbons (Fsp3) is 0.357. The van der Waals surface area contributed by atoms with Gasteiger partial charge in [-0.05, 0) is 60.7 Å². The normalized spacial score (nSPS) is 14.9. The van der Waals surface area contributed by atoms with Gasteiger partial charge in [-0.25, -0.2) is 8.42 Å². The van der Waals surface area contributed by atoms with Gasteiger partial charge < -0.3 is 20.5 Å². The molecule has 0 aliphatic carbocycles. The Morgan fingerprint density at radius 2 is 1.70 bits per heavy atom. The first-order chi connectivity index (χ1) is 21.7. The van der Waals surface area contributed by atoms with E-state index in [0.29, 0.717) is 21.8 Å². The van der Waals surface area contributed by atoms with Crippen molar-refractivity contribution in [1.82, 2.24) is 14.9 Å². The number of halogens is 3. The molecule has 46 heavy (non-hydrogen) atoms. The number of aliphatic hydroxyl groups excluding tert-OH is 1. The SMILES string of the molecule is COc1cccc(C(=O)NCc2cc(C(=O)NCCO)c(S(=O)(=O)N3CCC(c4cccc(NS(=O)(=O)C(F)(F)F)c4)CC3)s2)c1. The minimum absolute atomic E-state index is 0.0169. The zero-order valence-corrected chi connectivity index (χ0v) is 26.8. The highest BCUT2D eigenvalue weighted by Gasteiger charge is 2.46. The van der Waals surface area contributed by atoms with Crippen LogP contribution in [-0.4, -0.2) is 76.9 Å². The fourth-order valence-corrected chi connectivity index (χ4v) is 8.56. The number of methoxy groups -OCH3 is 1. The lowest BCUT2D eigenvalue weighted by atomic mass is 9.90. The Morgan fingerprint density at radius 1 is 1.00 bits per heavy atom. The molecule has 1 fully saturated rings. The number of ether oxygens (including phenoxy) is 1. The molecule has 1 aliphatic heterocycles. The topological polar surface area (TPSA) is 171 Å². The molecule has 0 bridgehead atoms. The van der Waals surface area contributed by atoms with Crippen molar-refractivity contribution in [3.8, 4) is 5.75 Å². The van der Waals surface area contributed by atoms with Crippen LogP contribution >= 0.6 is 11.3 Å². The Bertz CT molecular complexity index is 1790. The Morgan fingerprint density at radius 3 is 2.35 bits per heavy atom. The number of anilines is 1. The number of benzene rings is 2. The van der Waals surface area contributed by atoms with Crippen molar-refractivity contribution in [1.29, 1.82) is 0 Å². The van der Waals surface area contributed by atoms with Gasteiger partial charge in [0.15, 0.2) is 0 Å². The largest absolute Gasteiger partial charge is 0.516 e. The van der Waals surface area contributed by atoms with Gasteiger partial charge in [-0.1, -0.05) is 18.2 Å². The lowest BCUT2D eigenvalue weighted by Gasteiger charge is -2.31. The number of carbonyl (C=O) groups excluding carboxylic acids is 2. The van der Waals surface area contributed by atoms with Crippen molar-refractivity contribution < 1.29 is 49.4 Å². The predicted octanol–water partition coefficient (Wildman–Crippen LogP) is 3.24. The van der Waals surface area contributed by atoms with Crippen LogP contribution < -0.4 is 20.1 Å². The molecular formula is C28H31F3N4O8S3. The number of piperidine rings is 1. The maximum atomic E-state index is 13.8. The van der Waals surface area contributed by atoms with Crippen LogP contribution in [0, 0.1) is 0 Å². The van der Waals surface area contributed by atoms with Crippen LogP contribution in [0.4, 0.5) is 18.9 Å². The van der Waals surface area contributed by atoms with E-state index in [9.17, 15) is 39.6 Å². The van der Waals surface area contributed by atoms with E-state index in [2.05, 4.69) is 10.6 Å². The van der Waals surface area contributed by atoms with Gasteiger partial charge in [0.25, 0.3) is 21.8 Å². The molecule has 1 saturated heterocycles. The Hall–Kier alpha value is -3.71. The van der Waals surface area contributed by atoms with Crippen LogP contribution in [0.25, 0.3) is 0 Å². The summed E-state index contributed by atoms with van der Waals surface area (Å²) < 4.78 is 96.7. The summed E-state index contributed by atoms with van der Waals surface area (Å²) in [5.74, 6) is -0.968. The first-order valence-corrected chi connectivity index (χ1v) is 17.5. The van der Waals surface area contributed by atoms with Crippen molar-refractivity contribution in [2.75, 3.05) is 38.1 Å². The quantitative estimate of drug-likeness (QED) is 0.223. The van der Waals surface area contributed by atoms with Gasteiger partial charge in [-0.2, -0.15) is 25.9 Å².